The standard InChI is InChI=1S/2C8H18N.HI.Nd/c2*1-3-5-7-9-8-6-4-2;;/h2*3-8H2,1-2H3;1H;/q2*-1;;+2. The van der Waals surface area contributed by atoms with Gasteiger partial charge in [-0.05, 0) is 0 Å². The molecule has 0 amide bonds. The number of hydrogen-bond donors (Lipinski definition) is 0. The Morgan fingerprint density at radius 3 is 1.00 bits per heavy atom. The van der Waals surface area contributed by atoms with Crippen LogP contribution in [0.15, 0.2) is 0 Å². The predicted molar refractivity (Wildman–Crippen MR) is 98.2 cm³/mol. The fraction of sp³-hybridized carbons (Fsp3) is 1.00. The van der Waals surface area contributed by atoms with Crippen LogP contribution in [0.5, 0.6) is 0 Å². The van der Waals surface area contributed by atoms with Gasteiger partial charge < -0.3 is 0 Å². The molecule has 20 heavy (non-hydrogen) atoms. The third-order valence-electron chi connectivity index (χ3n) is 3.41. The van der Waals surface area contributed by atoms with Gasteiger partial charge in [-0.2, -0.15) is 0 Å². The molecule has 0 heterocycles. The van der Waals surface area contributed by atoms with Crippen LogP contribution in [-0.4, -0.2) is 28.1 Å². The van der Waals surface area contributed by atoms with Crippen molar-refractivity contribution in [1.82, 2.24) is 1.97 Å². The van der Waals surface area contributed by atoms with Crippen LogP contribution in [0, 0.1) is 37.5 Å². The van der Waals surface area contributed by atoms with Crippen LogP contribution in [0.3, 0.4) is 0 Å². The normalized spacial score (nSPS) is 10.9. The van der Waals surface area contributed by atoms with E-state index in [1.165, 1.54) is 77.5 Å². The molecule has 0 radical (unpaired) electrons. The molecule has 0 fully saturated rings. The first-order valence-electron chi connectivity index (χ1n) is 8.54. The monoisotopic (exact) mass is 526 g/mol. The Bertz CT molecular complexity index is 148. The summed E-state index contributed by atoms with van der Waals surface area (Å²) in [7, 11) is 0. The fourth-order valence-electron chi connectivity index (χ4n) is 2.02. The van der Waals surface area contributed by atoms with E-state index in [-0.39, 0.29) is 24.0 Å². The Morgan fingerprint density at radius 1 is 0.550 bits per heavy atom. The molecule has 0 aromatic rings. The molecule has 0 N–H and O–H groups in total. The summed E-state index contributed by atoms with van der Waals surface area (Å²) in [4.78, 5) is 0. The predicted octanol–water partition coefficient (Wildman–Crippen LogP) is 5.32. The summed E-state index contributed by atoms with van der Waals surface area (Å²) in [6.45, 7) is 14.7. The van der Waals surface area contributed by atoms with Crippen molar-refractivity contribution in [3.8, 4) is 0 Å². The Morgan fingerprint density at radius 2 is 0.800 bits per heavy atom. The van der Waals surface area contributed by atoms with Gasteiger partial charge in [-0.1, -0.05) is 0 Å². The van der Waals surface area contributed by atoms with Crippen LogP contribution in [0.25, 0.3) is 0 Å². The van der Waals surface area contributed by atoms with E-state index in [1.54, 1.807) is 0 Å². The maximum atomic E-state index is 2.87. The Kier molecular flexibility index (Phi) is 23.1. The quantitative estimate of drug-likeness (QED) is 0.282. The minimum atomic E-state index is -0.723. The molecule has 0 atom stereocenters. The molecule has 0 saturated heterocycles. The van der Waals surface area contributed by atoms with Crippen molar-refractivity contribution in [3.05, 3.63) is 0 Å². The maximum Gasteiger partial charge on any atom is -0.107 e. The summed E-state index contributed by atoms with van der Waals surface area (Å²) in [6.07, 6.45) is 11.0. The van der Waals surface area contributed by atoms with Gasteiger partial charge in [0.05, 0.1) is 0 Å². The Balaban J connectivity index is 0. The summed E-state index contributed by atoms with van der Waals surface area (Å²) in [6, 6.07) is 0. The average Bonchev–Trinajstić information content (AvgIpc) is 2.44. The molecule has 4 heteroatoms. The molecule has 0 spiro atoms. The Hall–Kier alpha value is 2.00. The second kappa shape index (κ2) is 19.0. The molecule has 0 unspecified atom stereocenters. The molecule has 2 nitrogen and oxygen atoms in total. The molecule has 0 aliphatic carbocycles. The zero-order valence-electron chi connectivity index (χ0n) is 14.3. The van der Waals surface area contributed by atoms with Gasteiger partial charge in [-0.15, -0.1) is 24.0 Å². The van der Waals surface area contributed by atoms with E-state index in [4.69, 9.17) is 0 Å². The van der Waals surface area contributed by atoms with Crippen LogP contribution in [0.4, 0.5) is 0 Å². The molecule has 0 bridgehead atoms. The molecular formula is C16H37IN2Nd. The Labute approximate surface area is 166 Å². The molecule has 0 aromatic carbocycles. The van der Waals surface area contributed by atoms with Crippen LogP contribution in [-0.2, 0) is 0 Å². The van der Waals surface area contributed by atoms with Crippen molar-refractivity contribution in [3.63, 3.8) is 0 Å². The third kappa shape index (κ3) is 14.9. The van der Waals surface area contributed by atoms with Crippen molar-refractivity contribution in [2.24, 2.45) is 0 Å². The zero-order chi connectivity index (χ0) is 14.3. The van der Waals surface area contributed by atoms with E-state index in [1.807, 2.05) is 0 Å². The van der Waals surface area contributed by atoms with Gasteiger partial charge in [0, 0.05) is 0 Å². The number of hydrogen-bond acceptors (Lipinski definition) is 2. The minimum Gasteiger partial charge on any atom is -0.107 e. The smallest absolute Gasteiger partial charge is 0.107 e. The number of nitrogens with zero attached hydrogens (tertiary/aromatic N) is 2. The molecule has 0 aliphatic heterocycles. The van der Waals surface area contributed by atoms with Crippen molar-refractivity contribution in [2.75, 3.05) is 26.2 Å². The fourth-order valence-corrected chi connectivity index (χ4v) is 6.61. The van der Waals surface area contributed by atoms with Crippen molar-refractivity contribution in [1.29, 1.82) is 0 Å². The molecule has 0 saturated carbocycles. The van der Waals surface area contributed by atoms with E-state index in [0.717, 1.165) is 0 Å². The minimum absolute atomic E-state index is 0. The molecular weight excluding hydrogens is 491 g/mol. The van der Waals surface area contributed by atoms with Gasteiger partial charge in [-0.25, -0.2) is 0 Å². The van der Waals surface area contributed by atoms with E-state index >= 15 is 0 Å². The largest absolute Gasteiger partial charge is 0.107 e. The van der Waals surface area contributed by atoms with Gasteiger partial charge in [0.15, 0.2) is 0 Å². The van der Waals surface area contributed by atoms with E-state index in [0.29, 0.717) is 0 Å². The molecule has 0 rings (SSSR count). The summed E-state index contributed by atoms with van der Waals surface area (Å²) in [5.74, 6) is 0. The van der Waals surface area contributed by atoms with Gasteiger partial charge in [-0.3, -0.25) is 0 Å². The first-order valence-corrected chi connectivity index (χ1v) is 11.4. The van der Waals surface area contributed by atoms with Crippen LogP contribution >= 0.6 is 24.0 Å². The number of halogens is 1. The van der Waals surface area contributed by atoms with E-state index in [2.05, 4.69) is 29.7 Å². The van der Waals surface area contributed by atoms with Gasteiger partial charge in [0.2, 0.25) is 0 Å². The van der Waals surface area contributed by atoms with Crippen molar-refractivity contribution >= 4 is 24.0 Å². The summed E-state index contributed by atoms with van der Waals surface area (Å²) in [5.41, 5.74) is 0. The summed E-state index contributed by atoms with van der Waals surface area (Å²) in [5, 5.41) is 0. The molecule has 0 aliphatic rings. The topological polar surface area (TPSA) is 6.48 Å². The van der Waals surface area contributed by atoms with Crippen LogP contribution in [0.2, 0.25) is 0 Å². The van der Waals surface area contributed by atoms with Gasteiger partial charge >= 0.3 is 145 Å². The zero-order valence-corrected chi connectivity index (χ0v) is 19.8. The van der Waals surface area contributed by atoms with E-state index < -0.39 is 37.5 Å². The summed E-state index contributed by atoms with van der Waals surface area (Å²) < 4.78 is 5.75. The number of rotatable bonds is 14. The second-order valence-electron chi connectivity index (χ2n) is 5.49. The second-order valence-corrected chi connectivity index (χ2v) is 10.2. The first kappa shape index (κ1) is 24.3. The maximum absolute atomic E-state index is 2.87. The van der Waals surface area contributed by atoms with Crippen molar-refractivity contribution in [2.45, 2.75) is 79.1 Å². The van der Waals surface area contributed by atoms with Crippen LogP contribution < -0.4 is 0 Å². The SMILES string of the molecule is CCCC[N](CCCC)[Nd][N](CCCC)CCCC.I. The number of unbranched alkanes of at least 4 members (excludes halogenated alkanes) is 4. The van der Waals surface area contributed by atoms with Crippen LogP contribution in [0.1, 0.15) is 79.1 Å². The van der Waals surface area contributed by atoms with Crippen molar-refractivity contribution < 1.29 is 37.5 Å². The first-order chi connectivity index (χ1) is 9.28. The molecule has 122 valence electrons. The third-order valence-corrected chi connectivity index (χ3v) is 8.09. The molecule has 0 aromatic heterocycles. The summed E-state index contributed by atoms with van der Waals surface area (Å²) >= 11 is -0.723. The van der Waals surface area contributed by atoms with Gasteiger partial charge in [0.1, 0.15) is 0 Å². The van der Waals surface area contributed by atoms with Gasteiger partial charge in [0.25, 0.3) is 0 Å². The average molecular weight is 529 g/mol. The van der Waals surface area contributed by atoms with E-state index in [9.17, 15) is 0 Å².